The molecular formula is C15H19NO3. The van der Waals surface area contributed by atoms with Gasteiger partial charge in [0.15, 0.2) is 0 Å². The van der Waals surface area contributed by atoms with Crippen LogP contribution in [0.3, 0.4) is 0 Å². The monoisotopic (exact) mass is 261 g/mol. The average molecular weight is 261 g/mol. The van der Waals surface area contributed by atoms with Crippen LogP contribution < -0.4 is 5.32 Å². The Balaban J connectivity index is 3.19. The van der Waals surface area contributed by atoms with E-state index in [9.17, 15) is 14.4 Å². The number of amides is 1. The molecule has 1 rings (SSSR count). The van der Waals surface area contributed by atoms with Gasteiger partial charge >= 0.3 is 0 Å². The minimum atomic E-state index is -0.841. The van der Waals surface area contributed by atoms with Crippen LogP contribution in [0, 0.1) is 12.8 Å². The van der Waals surface area contributed by atoms with Crippen molar-refractivity contribution in [3.63, 3.8) is 0 Å². The van der Waals surface area contributed by atoms with E-state index < -0.39 is 12.0 Å². The highest BCUT2D eigenvalue weighted by Crippen LogP contribution is 2.24. The molecule has 0 heterocycles. The summed E-state index contributed by atoms with van der Waals surface area (Å²) in [7, 11) is 0. The molecule has 0 aliphatic heterocycles. The zero-order valence-corrected chi connectivity index (χ0v) is 11.7. The van der Waals surface area contributed by atoms with Crippen LogP contribution in [-0.4, -0.2) is 17.5 Å². The first-order valence-electron chi connectivity index (χ1n) is 6.17. The summed E-state index contributed by atoms with van der Waals surface area (Å²) in [5.74, 6) is -1.59. The van der Waals surface area contributed by atoms with Crippen LogP contribution in [0.4, 0.5) is 0 Å². The van der Waals surface area contributed by atoms with Crippen molar-refractivity contribution in [3.05, 3.63) is 35.4 Å². The molecule has 0 spiro atoms. The lowest BCUT2D eigenvalue weighted by Crippen LogP contribution is -2.38. The Labute approximate surface area is 113 Å². The number of rotatable bonds is 5. The summed E-state index contributed by atoms with van der Waals surface area (Å²) >= 11 is 0. The smallest absolute Gasteiger partial charge is 0.217 e. The molecule has 0 fully saturated rings. The topological polar surface area (TPSA) is 63.2 Å². The Morgan fingerprint density at radius 2 is 1.42 bits per heavy atom. The maximum atomic E-state index is 11.7. The zero-order valence-electron chi connectivity index (χ0n) is 11.7. The summed E-state index contributed by atoms with van der Waals surface area (Å²) in [4.78, 5) is 34.7. The quantitative estimate of drug-likeness (QED) is 0.824. The van der Waals surface area contributed by atoms with Crippen molar-refractivity contribution in [2.45, 2.75) is 33.7 Å². The van der Waals surface area contributed by atoms with Crippen molar-refractivity contribution >= 4 is 17.5 Å². The van der Waals surface area contributed by atoms with Gasteiger partial charge in [0.05, 0.1) is 6.04 Å². The van der Waals surface area contributed by atoms with Crippen molar-refractivity contribution < 1.29 is 14.4 Å². The Hall–Kier alpha value is -1.97. The highest BCUT2D eigenvalue weighted by molar-refractivity contribution is 6.01. The van der Waals surface area contributed by atoms with E-state index in [2.05, 4.69) is 5.32 Å². The minimum absolute atomic E-state index is 0.244. The van der Waals surface area contributed by atoms with Gasteiger partial charge in [0, 0.05) is 6.92 Å². The Kier molecular flexibility index (Phi) is 4.98. The first-order valence-corrected chi connectivity index (χ1v) is 6.17. The molecule has 1 amide bonds. The molecule has 1 atom stereocenters. The average Bonchev–Trinajstić information content (AvgIpc) is 2.27. The van der Waals surface area contributed by atoms with E-state index in [0.29, 0.717) is 0 Å². The highest BCUT2D eigenvalue weighted by atomic mass is 16.2. The van der Waals surface area contributed by atoms with E-state index in [1.165, 1.54) is 20.8 Å². The second kappa shape index (κ2) is 6.27. The van der Waals surface area contributed by atoms with E-state index in [1.54, 1.807) is 0 Å². The maximum absolute atomic E-state index is 11.7. The van der Waals surface area contributed by atoms with Crippen molar-refractivity contribution in [1.82, 2.24) is 5.32 Å². The highest BCUT2D eigenvalue weighted by Gasteiger charge is 2.31. The number of nitrogens with one attached hydrogen (secondary N) is 1. The third-order valence-corrected chi connectivity index (χ3v) is 3.00. The number of benzene rings is 1. The zero-order chi connectivity index (χ0) is 14.6. The summed E-state index contributed by atoms with van der Waals surface area (Å²) < 4.78 is 0. The molecule has 1 aromatic carbocycles. The van der Waals surface area contributed by atoms with Crippen LogP contribution >= 0.6 is 0 Å². The van der Waals surface area contributed by atoms with Crippen LogP contribution in [0.2, 0.25) is 0 Å². The molecule has 1 N–H and O–H groups in total. The van der Waals surface area contributed by atoms with Gasteiger partial charge in [0.2, 0.25) is 5.91 Å². The largest absolute Gasteiger partial charge is 0.348 e. The second-order valence-electron chi connectivity index (χ2n) is 4.79. The molecule has 0 saturated carbocycles. The summed E-state index contributed by atoms with van der Waals surface area (Å²) in [6.45, 7) is 6.06. The normalized spacial score (nSPS) is 12.1. The molecule has 0 saturated heterocycles. The lowest BCUT2D eigenvalue weighted by atomic mass is 9.87. The standard InChI is InChI=1S/C15H19NO3/c1-9-5-7-13(8-6-9)15(16-12(4)19)14(10(2)17)11(3)18/h5-8,14-15H,1-4H3,(H,16,19). The Morgan fingerprint density at radius 1 is 0.947 bits per heavy atom. The molecule has 0 bridgehead atoms. The fourth-order valence-electron chi connectivity index (χ4n) is 2.11. The fraction of sp³-hybridized carbons (Fsp3) is 0.400. The van der Waals surface area contributed by atoms with Crippen LogP contribution in [0.5, 0.6) is 0 Å². The number of carbonyl (C=O) groups is 3. The Bertz CT molecular complexity index is 477. The second-order valence-corrected chi connectivity index (χ2v) is 4.79. The van der Waals surface area contributed by atoms with Crippen molar-refractivity contribution in [1.29, 1.82) is 0 Å². The van der Waals surface area contributed by atoms with E-state index in [-0.39, 0.29) is 17.5 Å². The van der Waals surface area contributed by atoms with Gasteiger partial charge in [-0.15, -0.1) is 0 Å². The lowest BCUT2D eigenvalue weighted by Gasteiger charge is -2.24. The number of ketones is 2. The number of Topliss-reactive ketones (excluding diaryl/α,β-unsaturated/α-hetero) is 2. The third kappa shape index (κ3) is 4.02. The maximum Gasteiger partial charge on any atom is 0.217 e. The lowest BCUT2D eigenvalue weighted by molar-refractivity contribution is -0.132. The summed E-state index contributed by atoms with van der Waals surface area (Å²) in [5, 5.41) is 2.70. The van der Waals surface area contributed by atoms with E-state index in [0.717, 1.165) is 11.1 Å². The number of hydrogen-bond donors (Lipinski definition) is 1. The van der Waals surface area contributed by atoms with Gasteiger partial charge in [-0.2, -0.15) is 0 Å². The molecule has 4 nitrogen and oxygen atoms in total. The van der Waals surface area contributed by atoms with E-state index in [1.807, 2.05) is 31.2 Å². The molecular weight excluding hydrogens is 242 g/mol. The minimum Gasteiger partial charge on any atom is -0.348 e. The summed E-state index contributed by atoms with van der Waals surface area (Å²) in [5.41, 5.74) is 1.84. The van der Waals surface area contributed by atoms with Gasteiger partial charge in [0.1, 0.15) is 17.5 Å². The predicted octanol–water partition coefficient (Wildman–Crippen LogP) is 1.97. The van der Waals surface area contributed by atoms with Crippen molar-refractivity contribution in [2.75, 3.05) is 0 Å². The van der Waals surface area contributed by atoms with E-state index >= 15 is 0 Å². The van der Waals surface area contributed by atoms with E-state index in [4.69, 9.17) is 0 Å². The first-order chi connectivity index (χ1) is 8.82. The van der Waals surface area contributed by atoms with Gasteiger partial charge < -0.3 is 5.32 Å². The van der Waals surface area contributed by atoms with Crippen molar-refractivity contribution in [3.8, 4) is 0 Å². The number of hydrogen-bond acceptors (Lipinski definition) is 3. The molecule has 0 aliphatic rings. The van der Waals surface area contributed by atoms with Gasteiger partial charge in [-0.05, 0) is 26.3 Å². The van der Waals surface area contributed by atoms with Crippen molar-refractivity contribution in [2.24, 2.45) is 5.92 Å². The predicted molar refractivity (Wildman–Crippen MR) is 72.6 cm³/mol. The van der Waals surface area contributed by atoms with Crippen LogP contribution in [0.15, 0.2) is 24.3 Å². The van der Waals surface area contributed by atoms with Gasteiger partial charge in [0.25, 0.3) is 0 Å². The molecule has 19 heavy (non-hydrogen) atoms. The SMILES string of the molecule is CC(=O)NC(c1ccc(C)cc1)C(C(C)=O)C(C)=O. The van der Waals surface area contributed by atoms with Crippen LogP contribution in [0.1, 0.15) is 37.9 Å². The van der Waals surface area contributed by atoms with Gasteiger partial charge in [-0.1, -0.05) is 29.8 Å². The number of carbonyl (C=O) groups excluding carboxylic acids is 3. The Morgan fingerprint density at radius 3 is 1.79 bits per heavy atom. The molecule has 1 aromatic rings. The first kappa shape index (κ1) is 15.1. The van der Waals surface area contributed by atoms with Crippen LogP contribution in [-0.2, 0) is 14.4 Å². The van der Waals surface area contributed by atoms with Gasteiger partial charge in [-0.3, -0.25) is 14.4 Å². The van der Waals surface area contributed by atoms with Crippen LogP contribution in [0.25, 0.3) is 0 Å². The molecule has 0 aliphatic carbocycles. The number of aryl methyl sites for hydroxylation is 1. The van der Waals surface area contributed by atoms with Gasteiger partial charge in [-0.25, -0.2) is 0 Å². The summed E-state index contributed by atoms with van der Waals surface area (Å²) in [6.07, 6.45) is 0. The molecule has 4 heteroatoms. The summed E-state index contributed by atoms with van der Waals surface area (Å²) in [6, 6.07) is 6.83. The third-order valence-electron chi connectivity index (χ3n) is 3.00. The molecule has 0 radical (unpaired) electrons. The fourth-order valence-corrected chi connectivity index (χ4v) is 2.11. The molecule has 102 valence electrons. The molecule has 0 aromatic heterocycles. The molecule has 1 unspecified atom stereocenters.